The molecule has 0 bridgehead atoms. The average molecular weight is 258 g/mol. The van der Waals surface area contributed by atoms with E-state index < -0.39 is 0 Å². The van der Waals surface area contributed by atoms with E-state index in [0.717, 1.165) is 24.9 Å². The summed E-state index contributed by atoms with van der Waals surface area (Å²) in [5.41, 5.74) is 3.07. The van der Waals surface area contributed by atoms with Crippen molar-refractivity contribution < 1.29 is 0 Å². The van der Waals surface area contributed by atoms with Crippen molar-refractivity contribution in [2.45, 2.75) is 44.7 Å². The van der Waals surface area contributed by atoms with Gasteiger partial charge in [-0.1, -0.05) is 24.3 Å². The number of likely N-dealkylation sites (N-methyl/N-ethyl adjacent to an activating group) is 1. The lowest BCUT2D eigenvalue weighted by atomic mass is 10.0. The van der Waals surface area contributed by atoms with E-state index >= 15 is 0 Å². The van der Waals surface area contributed by atoms with Crippen LogP contribution >= 0.6 is 0 Å². The van der Waals surface area contributed by atoms with Crippen LogP contribution in [0.2, 0.25) is 0 Å². The molecule has 2 aliphatic carbocycles. The second-order valence-electron chi connectivity index (χ2n) is 6.23. The lowest BCUT2D eigenvalue weighted by Crippen LogP contribution is -2.28. The molecule has 3 rings (SSSR count). The second-order valence-corrected chi connectivity index (χ2v) is 6.23. The van der Waals surface area contributed by atoms with Gasteiger partial charge in [-0.15, -0.1) is 0 Å². The lowest BCUT2D eigenvalue weighted by molar-refractivity contribution is 0.243. The maximum atomic E-state index is 3.26. The first kappa shape index (κ1) is 13.1. The molecule has 1 aromatic rings. The van der Waals surface area contributed by atoms with E-state index in [1.807, 2.05) is 7.05 Å². The van der Waals surface area contributed by atoms with Gasteiger partial charge in [0, 0.05) is 19.1 Å². The summed E-state index contributed by atoms with van der Waals surface area (Å²) < 4.78 is 0. The summed E-state index contributed by atoms with van der Waals surface area (Å²) >= 11 is 0. The van der Waals surface area contributed by atoms with Gasteiger partial charge in [0.15, 0.2) is 0 Å². The molecule has 2 heteroatoms. The van der Waals surface area contributed by atoms with E-state index in [-0.39, 0.29) is 0 Å². The largest absolute Gasteiger partial charge is 0.319 e. The Bertz CT molecular complexity index is 407. The Balaban J connectivity index is 1.65. The minimum Gasteiger partial charge on any atom is -0.319 e. The normalized spacial score (nSPS) is 19.1. The quantitative estimate of drug-likeness (QED) is 0.771. The first-order valence-corrected chi connectivity index (χ1v) is 7.82. The van der Waals surface area contributed by atoms with Crippen LogP contribution in [0, 0.1) is 5.92 Å². The summed E-state index contributed by atoms with van der Waals surface area (Å²) in [6, 6.07) is 9.89. The van der Waals surface area contributed by atoms with Crippen molar-refractivity contribution in [1.82, 2.24) is 10.2 Å². The highest BCUT2D eigenvalue weighted by Crippen LogP contribution is 2.35. The van der Waals surface area contributed by atoms with Gasteiger partial charge < -0.3 is 5.32 Å². The van der Waals surface area contributed by atoms with Crippen molar-refractivity contribution in [3.05, 3.63) is 35.4 Å². The first-order valence-electron chi connectivity index (χ1n) is 7.82. The number of nitrogens with zero attached hydrogens (tertiary/aromatic N) is 1. The molecule has 1 N–H and O–H groups in total. The summed E-state index contributed by atoms with van der Waals surface area (Å²) in [4.78, 5) is 2.75. The number of hydrogen-bond donors (Lipinski definition) is 1. The third-order valence-corrected chi connectivity index (χ3v) is 4.39. The highest BCUT2D eigenvalue weighted by atomic mass is 15.2. The molecule has 0 amide bonds. The van der Waals surface area contributed by atoms with Crippen LogP contribution in [-0.2, 0) is 13.0 Å². The summed E-state index contributed by atoms with van der Waals surface area (Å²) in [6.07, 6.45) is 6.92. The van der Waals surface area contributed by atoms with Crippen LogP contribution in [0.3, 0.4) is 0 Å². The Kier molecular flexibility index (Phi) is 4.19. The fourth-order valence-corrected chi connectivity index (χ4v) is 2.85. The molecule has 0 aliphatic heterocycles. The topological polar surface area (TPSA) is 15.3 Å². The zero-order valence-electron chi connectivity index (χ0n) is 12.1. The predicted molar refractivity (Wildman–Crippen MR) is 80.2 cm³/mol. The summed E-state index contributed by atoms with van der Waals surface area (Å²) in [6.45, 7) is 3.58. The van der Waals surface area contributed by atoms with Gasteiger partial charge in [0.05, 0.1) is 0 Å². The summed E-state index contributed by atoms with van der Waals surface area (Å²) in [5.74, 6) is 1.00. The zero-order valence-corrected chi connectivity index (χ0v) is 12.1. The van der Waals surface area contributed by atoms with Crippen LogP contribution in [0.25, 0.3) is 0 Å². The van der Waals surface area contributed by atoms with Crippen molar-refractivity contribution in [2.24, 2.45) is 5.92 Å². The molecule has 0 saturated heterocycles. The number of benzene rings is 1. The van der Waals surface area contributed by atoms with Gasteiger partial charge in [0.25, 0.3) is 0 Å². The van der Waals surface area contributed by atoms with Crippen LogP contribution in [0.1, 0.15) is 36.8 Å². The standard InChI is InChI=1S/C17H26N2/c1-18-11-10-15-4-2-3-5-16(15)13-19(17-8-9-17)12-14-6-7-14/h2-5,14,17-18H,6-13H2,1H3. The van der Waals surface area contributed by atoms with Crippen LogP contribution in [-0.4, -0.2) is 31.1 Å². The van der Waals surface area contributed by atoms with Gasteiger partial charge in [0.2, 0.25) is 0 Å². The van der Waals surface area contributed by atoms with Crippen LogP contribution in [0.15, 0.2) is 24.3 Å². The fourth-order valence-electron chi connectivity index (χ4n) is 2.85. The Morgan fingerprint density at radius 2 is 1.84 bits per heavy atom. The SMILES string of the molecule is CNCCc1ccccc1CN(CC1CC1)C1CC1. The predicted octanol–water partition coefficient (Wildman–Crippen LogP) is 2.82. The van der Waals surface area contributed by atoms with Crippen molar-refractivity contribution >= 4 is 0 Å². The molecule has 0 aromatic heterocycles. The van der Waals surface area contributed by atoms with Gasteiger partial charge in [-0.2, -0.15) is 0 Å². The minimum absolute atomic E-state index is 0.887. The van der Waals surface area contributed by atoms with Crippen LogP contribution in [0.5, 0.6) is 0 Å². The van der Waals surface area contributed by atoms with E-state index in [4.69, 9.17) is 0 Å². The van der Waals surface area contributed by atoms with E-state index in [1.165, 1.54) is 44.3 Å². The average Bonchev–Trinajstić information content (AvgIpc) is 3.28. The van der Waals surface area contributed by atoms with Crippen LogP contribution < -0.4 is 5.32 Å². The molecule has 2 aliphatic rings. The number of rotatable bonds is 8. The van der Waals surface area contributed by atoms with E-state index in [9.17, 15) is 0 Å². The number of nitrogens with one attached hydrogen (secondary N) is 1. The molecule has 0 atom stereocenters. The first-order chi connectivity index (χ1) is 9.36. The van der Waals surface area contributed by atoms with Gasteiger partial charge in [-0.3, -0.25) is 4.90 Å². The van der Waals surface area contributed by atoms with Crippen molar-refractivity contribution in [3.63, 3.8) is 0 Å². The van der Waals surface area contributed by atoms with Crippen LogP contribution in [0.4, 0.5) is 0 Å². The Morgan fingerprint density at radius 3 is 2.47 bits per heavy atom. The van der Waals surface area contributed by atoms with Gasteiger partial charge in [-0.05, 0) is 62.7 Å². The molecule has 104 valence electrons. The smallest absolute Gasteiger partial charge is 0.0239 e. The molecule has 2 fully saturated rings. The molecule has 19 heavy (non-hydrogen) atoms. The molecule has 0 radical (unpaired) electrons. The summed E-state index contributed by atoms with van der Waals surface area (Å²) in [7, 11) is 2.03. The molecule has 2 nitrogen and oxygen atoms in total. The Hall–Kier alpha value is -0.860. The molecule has 0 unspecified atom stereocenters. The molecule has 2 saturated carbocycles. The Morgan fingerprint density at radius 1 is 1.11 bits per heavy atom. The zero-order chi connectivity index (χ0) is 13.1. The molecule has 0 heterocycles. The number of hydrogen-bond acceptors (Lipinski definition) is 2. The summed E-state index contributed by atoms with van der Waals surface area (Å²) in [5, 5.41) is 3.26. The molecular formula is C17H26N2. The van der Waals surface area contributed by atoms with Gasteiger partial charge >= 0.3 is 0 Å². The van der Waals surface area contributed by atoms with Crippen molar-refractivity contribution in [2.75, 3.05) is 20.1 Å². The van der Waals surface area contributed by atoms with E-state index in [0.29, 0.717) is 0 Å². The van der Waals surface area contributed by atoms with Gasteiger partial charge in [-0.25, -0.2) is 0 Å². The maximum Gasteiger partial charge on any atom is 0.0239 e. The van der Waals surface area contributed by atoms with E-state index in [2.05, 4.69) is 34.5 Å². The molecule has 1 aromatic carbocycles. The third-order valence-electron chi connectivity index (χ3n) is 4.39. The second kappa shape index (κ2) is 6.06. The minimum atomic E-state index is 0.887. The molecule has 0 spiro atoms. The van der Waals surface area contributed by atoms with Gasteiger partial charge in [0.1, 0.15) is 0 Å². The molecular weight excluding hydrogens is 232 g/mol. The lowest BCUT2D eigenvalue weighted by Gasteiger charge is -2.23. The fraction of sp³-hybridized carbons (Fsp3) is 0.647. The van der Waals surface area contributed by atoms with E-state index in [1.54, 1.807) is 5.56 Å². The monoisotopic (exact) mass is 258 g/mol. The maximum absolute atomic E-state index is 3.26. The Labute approximate surface area is 117 Å². The highest BCUT2D eigenvalue weighted by molar-refractivity contribution is 5.27. The third kappa shape index (κ3) is 3.80. The highest BCUT2D eigenvalue weighted by Gasteiger charge is 2.33. The van der Waals surface area contributed by atoms with Crippen molar-refractivity contribution in [3.8, 4) is 0 Å². The van der Waals surface area contributed by atoms with Crippen molar-refractivity contribution in [1.29, 1.82) is 0 Å².